The molecule has 2 heterocycles. The molecule has 2 aliphatic carbocycles. The summed E-state index contributed by atoms with van der Waals surface area (Å²) >= 11 is 0. The summed E-state index contributed by atoms with van der Waals surface area (Å²) in [6.07, 6.45) is 10.2. The molecule has 1 N–H and O–H groups in total. The normalized spacial score (nSPS) is 23.6. The van der Waals surface area contributed by atoms with Gasteiger partial charge in [0, 0.05) is 0 Å². The van der Waals surface area contributed by atoms with Gasteiger partial charge in [-0.15, -0.1) is 0 Å². The lowest BCUT2D eigenvalue weighted by Crippen LogP contribution is -2.22. The van der Waals surface area contributed by atoms with E-state index in [2.05, 4.69) is 45.8 Å². The average molecular weight is 377 g/mol. The largest absolute Gasteiger partial charge is 0.497 e. The summed E-state index contributed by atoms with van der Waals surface area (Å²) in [4.78, 5) is 4.32. The summed E-state index contributed by atoms with van der Waals surface area (Å²) in [5.74, 6) is 2.43. The van der Waals surface area contributed by atoms with Gasteiger partial charge in [0.15, 0.2) is 0 Å². The fourth-order valence-electron chi connectivity index (χ4n) is 4.95. The van der Waals surface area contributed by atoms with E-state index in [1.54, 1.807) is 7.11 Å². The third-order valence-corrected chi connectivity index (χ3v) is 6.76. The Morgan fingerprint density at radius 3 is 2.36 bits per heavy atom. The van der Waals surface area contributed by atoms with E-state index in [-0.39, 0.29) is 0 Å². The van der Waals surface area contributed by atoms with Crippen molar-refractivity contribution in [3.8, 4) is 5.75 Å². The highest BCUT2D eigenvalue weighted by molar-refractivity contribution is 5.50. The van der Waals surface area contributed by atoms with Crippen molar-refractivity contribution < 1.29 is 9.84 Å². The summed E-state index contributed by atoms with van der Waals surface area (Å²) in [6.45, 7) is 0. The molecule has 0 spiro atoms. The number of nitrogens with zero attached hydrogens (tertiary/aromatic N) is 2. The first-order chi connectivity index (χ1) is 13.7. The van der Waals surface area contributed by atoms with Crippen molar-refractivity contribution >= 4 is 5.52 Å². The van der Waals surface area contributed by atoms with Crippen LogP contribution in [0.5, 0.6) is 5.75 Å². The fourth-order valence-corrected chi connectivity index (χ4v) is 4.95. The van der Waals surface area contributed by atoms with E-state index in [0.29, 0.717) is 17.8 Å². The number of aliphatic hydroxyl groups is 1. The van der Waals surface area contributed by atoms with Crippen LogP contribution in [0.25, 0.3) is 5.52 Å². The van der Waals surface area contributed by atoms with Gasteiger partial charge in [-0.3, -0.25) is 0 Å². The Bertz CT molecular complexity index is 950. The molecule has 0 amide bonds. The molecule has 2 fully saturated rings. The highest BCUT2D eigenvalue weighted by Gasteiger charge is 2.34. The second kappa shape index (κ2) is 7.25. The van der Waals surface area contributed by atoms with Gasteiger partial charge in [0.1, 0.15) is 5.75 Å². The van der Waals surface area contributed by atoms with Crippen molar-refractivity contribution in [1.82, 2.24) is 9.38 Å². The molecular formula is C24H28N2O2. The zero-order valence-electron chi connectivity index (χ0n) is 16.4. The minimum absolute atomic E-state index is 0.319. The lowest BCUT2D eigenvalue weighted by molar-refractivity contribution is 0.0754. The van der Waals surface area contributed by atoms with Crippen LogP contribution in [-0.2, 0) is 0 Å². The molecule has 4 nitrogen and oxygen atoms in total. The van der Waals surface area contributed by atoms with Gasteiger partial charge in [-0.25, -0.2) is 4.98 Å². The topological polar surface area (TPSA) is 46.8 Å². The van der Waals surface area contributed by atoms with E-state index < -0.39 is 6.10 Å². The number of imidazole rings is 1. The molecule has 1 atom stereocenters. The number of fused-ring (bicyclic) bond motifs is 1. The quantitative estimate of drug-likeness (QED) is 0.663. The number of aromatic nitrogens is 2. The van der Waals surface area contributed by atoms with Crippen LogP contribution in [0.15, 0.2) is 48.9 Å². The lowest BCUT2D eigenvalue weighted by atomic mass is 9.75. The molecule has 1 aromatic carbocycles. The van der Waals surface area contributed by atoms with E-state index in [1.165, 1.54) is 24.0 Å². The first-order valence-electron chi connectivity index (χ1n) is 10.5. The zero-order chi connectivity index (χ0) is 19.1. The van der Waals surface area contributed by atoms with Crippen LogP contribution in [0.1, 0.15) is 73.3 Å². The summed E-state index contributed by atoms with van der Waals surface area (Å²) in [5.41, 5.74) is 4.88. The van der Waals surface area contributed by atoms with E-state index in [9.17, 15) is 5.11 Å². The molecule has 0 unspecified atom stereocenters. The molecule has 2 saturated carbocycles. The van der Waals surface area contributed by atoms with Gasteiger partial charge in [0.05, 0.1) is 36.9 Å². The van der Waals surface area contributed by atoms with E-state index in [1.807, 2.05) is 12.5 Å². The molecule has 2 aliphatic rings. The van der Waals surface area contributed by atoms with Gasteiger partial charge in [0.25, 0.3) is 0 Å². The number of rotatable bonds is 5. The molecule has 0 aliphatic heterocycles. The van der Waals surface area contributed by atoms with Gasteiger partial charge in [-0.1, -0.05) is 18.2 Å². The van der Waals surface area contributed by atoms with Crippen molar-refractivity contribution in [1.29, 1.82) is 0 Å². The van der Waals surface area contributed by atoms with E-state index in [0.717, 1.165) is 42.6 Å². The molecule has 3 aromatic rings. The van der Waals surface area contributed by atoms with Crippen molar-refractivity contribution in [3.05, 3.63) is 65.7 Å². The smallest absolute Gasteiger partial charge is 0.118 e. The second-order valence-corrected chi connectivity index (χ2v) is 8.47. The molecule has 0 bridgehead atoms. The number of ether oxygens (including phenoxy) is 1. The lowest BCUT2D eigenvalue weighted by Gasteiger charge is -2.33. The van der Waals surface area contributed by atoms with Gasteiger partial charge in [0.2, 0.25) is 0 Å². The van der Waals surface area contributed by atoms with Gasteiger partial charge in [-0.2, -0.15) is 0 Å². The maximum Gasteiger partial charge on any atom is 0.118 e. The van der Waals surface area contributed by atoms with Crippen LogP contribution < -0.4 is 4.74 Å². The Morgan fingerprint density at radius 2 is 1.68 bits per heavy atom. The van der Waals surface area contributed by atoms with Gasteiger partial charge < -0.3 is 14.2 Å². The Labute approximate surface area is 166 Å². The standard InChI is InChI=1S/C24H28N2O2/c1-28-21-11-8-17(9-12-21)16-2-6-19(7-3-16)24(27)23-22(18-4-5-18)13-10-20-14-25-15-26(20)23/h8-16,18-19,24,27H,2-7H2,1H3/t16?,19?,24-/m0/s1. The molecule has 0 radical (unpaired) electrons. The molecule has 146 valence electrons. The summed E-state index contributed by atoms with van der Waals surface area (Å²) in [6, 6.07) is 12.8. The van der Waals surface area contributed by atoms with Crippen molar-refractivity contribution in [3.63, 3.8) is 0 Å². The molecule has 2 aromatic heterocycles. The number of pyridine rings is 1. The highest BCUT2D eigenvalue weighted by atomic mass is 16.5. The first-order valence-corrected chi connectivity index (χ1v) is 10.5. The Kier molecular flexibility index (Phi) is 4.59. The number of aliphatic hydroxyl groups excluding tert-OH is 1. The monoisotopic (exact) mass is 376 g/mol. The SMILES string of the molecule is COc1ccc(C2CCC([C@H](O)c3c(C4CC4)ccc4cncn34)CC2)cc1. The van der Waals surface area contributed by atoms with Gasteiger partial charge in [-0.05, 0) is 85.6 Å². The number of benzene rings is 1. The van der Waals surface area contributed by atoms with Crippen LogP contribution in [0, 0.1) is 5.92 Å². The van der Waals surface area contributed by atoms with Crippen LogP contribution in [0.3, 0.4) is 0 Å². The highest BCUT2D eigenvalue weighted by Crippen LogP contribution is 2.47. The predicted octanol–water partition coefficient (Wildman–Crippen LogP) is 5.23. The summed E-state index contributed by atoms with van der Waals surface area (Å²) in [5, 5.41) is 11.4. The maximum atomic E-state index is 11.4. The third kappa shape index (κ3) is 3.20. The number of methoxy groups -OCH3 is 1. The third-order valence-electron chi connectivity index (χ3n) is 6.76. The summed E-state index contributed by atoms with van der Waals surface area (Å²) in [7, 11) is 1.71. The van der Waals surface area contributed by atoms with Crippen LogP contribution >= 0.6 is 0 Å². The van der Waals surface area contributed by atoms with E-state index >= 15 is 0 Å². The predicted molar refractivity (Wildman–Crippen MR) is 110 cm³/mol. The molecule has 5 rings (SSSR count). The number of hydrogen-bond donors (Lipinski definition) is 1. The van der Waals surface area contributed by atoms with Crippen molar-refractivity contribution in [2.45, 2.75) is 56.5 Å². The van der Waals surface area contributed by atoms with Crippen molar-refractivity contribution in [2.24, 2.45) is 5.92 Å². The van der Waals surface area contributed by atoms with Gasteiger partial charge >= 0.3 is 0 Å². The Balaban J connectivity index is 1.34. The molecular weight excluding hydrogens is 348 g/mol. The number of hydrogen-bond acceptors (Lipinski definition) is 3. The molecule has 0 saturated heterocycles. The van der Waals surface area contributed by atoms with Crippen LogP contribution in [0.4, 0.5) is 0 Å². The zero-order valence-corrected chi connectivity index (χ0v) is 16.4. The minimum Gasteiger partial charge on any atom is -0.497 e. The van der Waals surface area contributed by atoms with Crippen molar-refractivity contribution in [2.75, 3.05) is 7.11 Å². The van der Waals surface area contributed by atoms with Crippen LogP contribution in [0.2, 0.25) is 0 Å². The second-order valence-electron chi connectivity index (χ2n) is 8.47. The summed E-state index contributed by atoms with van der Waals surface area (Å²) < 4.78 is 7.40. The average Bonchev–Trinajstić information content (AvgIpc) is 3.49. The van der Waals surface area contributed by atoms with Crippen LogP contribution in [-0.4, -0.2) is 21.6 Å². The Morgan fingerprint density at radius 1 is 0.964 bits per heavy atom. The van der Waals surface area contributed by atoms with E-state index in [4.69, 9.17) is 4.74 Å². The first kappa shape index (κ1) is 17.7. The Hall–Kier alpha value is -2.33. The molecule has 28 heavy (non-hydrogen) atoms. The molecule has 4 heteroatoms. The fraction of sp³-hybridized carbons (Fsp3) is 0.458. The minimum atomic E-state index is -0.412. The maximum absolute atomic E-state index is 11.4.